The summed E-state index contributed by atoms with van der Waals surface area (Å²) in [6.45, 7) is 5.03. The molecule has 0 saturated heterocycles. The van der Waals surface area contributed by atoms with Gasteiger partial charge in [-0.25, -0.2) is 4.98 Å². The standard InChI is InChI=1S/C16H24N4O/c1-4-12(5-2)20(10-11-21)15-13-8-6-7-9-14(13)18-16(17-3)19-15/h6-9,12,21H,4-5,10-11H2,1-3H3,(H,17,18,19). The highest BCUT2D eigenvalue weighted by Crippen LogP contribution is 2.28. The molecular weight excluding hydrogens is 264 g/mol. The zero-order valence-corrected chi connectivity index (χ0v) is 13.0. The molecule has 2 N–H and O–H groups in total. The number of benzene rings is 1. The summed E-state index contributed by atoms with van der Waals surface area (Å²) in [6, 6.07) is 8.37. The Morgan fingerprint density at radius 2 is 1.90 bits per heavy atom. The number of hydrogen-bond donors (Lipinski definition) is 2. The fraction of sp³-hybridized carbons (Fsp3) is 0.500. The van der Waals surface area contributed by atoms with Crippen LogP contribution in [0.1, 0.15) is 26.7 Å². The van der Waals surface area contributed by atoms with Crippen LogP contribution in [0.5, 0.6) is 0 Å². The van der Waals surface area contributed by atoms with Crippen molar-refractivity contribution < 1.29 is 5.11 Å². The van der Waals surface area contributed by atoms with Crippen LogP contribution in [-0.2, 0) is 0 Å². The lowest BCUT2D eigenvalue weighted by atomic mass is 10.1. The van der Waals surface area contributed by atoms with Gasteiger partial charge in [-0.3, -0.25) is 0 Å². The predicted octanol–water partition coefficient (Wildman–Crippen LogP) is 2.66. The molecule has 2 aromatic rings. The van der Waals surface area contributed by atoms with Crippen LogP contribution in [0, 0.1) is 0 Å². The molecule has 0 atom stereocenters. The Kier molecular flexibility index (Phi) is 5.33. The number of aliphatic hydroxyl groups excluding tert-OH is 1. The molecule has 1 heterocycles. The van der Waals surface area contributed by atoms with Crippen LogP contribution >= 0.6 is 0 Å². The van der Waals surface area contributed by atoms with Crippen LogP contribution in [0.15, 0.2) is 24.3 Å². The number of rotatable bonds is 7. The lowest BCUT2D eigenvalue weighted by molar-refractivity contribution is 0.295. The Bertz CT molecular complexity index is 583. The number of hydrogen-bond acceptors (Lipinski definition) is 5. The van der Waals surface area contributed by atoms with E-state index in [-0.39, 0.29) is 6.61 Å². The zero-order valence-electron chi connectivity index (χ0n) is 13.0. The van der Waals surface area contributed by atoms with Crippen molar-refractivity contribution in [3.8, 4) is 0 Å². The van der Waals surface area contributed by atoms with Crippen molar-refractivity contribution >= 4 is 22.7 Å². The van der Waals surface area contributed by atoms with Crippen molar-refractivity contribution in [2.24, 2.45) is 0 Å². The Labute approximate surface area is 126 Å². The second-order valence-corrected chi connectivity index (χ2v) is 5.03. The summed E-state index contributed by atoms with van der Waals surface area (Å²) in [7, 11) is 1.82. The van der Waals surface area contributed by atoms with Crippen LogP contribution in [0.4, 0.5) is 11.8 Å². The van der Waals surface area contributed by atoms with E-state index in [2.05, 4.69) is 34.0 Å². The molecule has 2 rings (SSSR count). The summed E-state index contributed by atoms with van der Waals surface area (Å²) in [5.41, 5.74) is 0.917. The van der Waals surface area contributed by atoms with Gasteiger partial charge in [-0.1, -0.05) is 26.0 Å². The maximum atomic E-state index is 9.44. The monoisotopic (exact) mass is 288 g/mol. The Hall–Kier alpha value is -1.88. The van der Waals surface area contributed by atoms with E-state index in [0.717, 1.165) is 29.6 Å². The molecule has 0 aliphatic carbocycles. The first kappa shape index (κ1) is 15.5. The van der Waals surface area contributed by atoms with E-state index in [1.54, 1.807) is 0 Å². The summed E-state index contributed by atoms with van der Waals surface area (Å²) in [4.78, 5) is 11.3. The predicted molar refractivity (Wildman–Crippen MR) is 87.9 cm³/mol. The summed E-state index contributed by atoms with van der Waals surface area (Å²) in [5.74, 6) is 1.50. The first-order valence-electron chi connectivity index (χ1n) is 7.57. The Morgan fingerprint density at radius 3 is 2.52 bits per heavy atom. The molecule has 0 spiro atoms. The van der Waals surface area contributed by atoms with Crippen LogP contribution in [0.2, 0.25) is 0 Å². The summed E-state index contributed by atoms with van der Waals surface area (Å²) in [6.07, 6.45) is 2.04. The minimum absolute atomic E-state index is 0.115. The van der Waals surface area contributed by atoms with E-state index in [9.17, 15) is 5.11 Å². The van der Waals surface area contributed by atoms with Gasteiger partial charge >= 0.3 is 0 Å². The van der Waals surface area contributed by atoms with Crippen molar-refractivity contribution in [1.29, 1.82) is 0 Å². The third kappa shape index (κ3) is 3.24. The second kappa shape index (κ2) is 7.22. The molecule has 1 aromatic carbocycles. The molecule has 0 radical (unpaired) electrons. The maximum absolute atomic E-state index is 9.44. The third-order valence-electron chi connectivity index (χ3n) is 3.80. The van der Waals surface area contributed by atoms with E-state index in [0.29, 0.717) is 18.5 Å². The fourth-order valence-electron chi connectivity index (χ4n) is 2.69. The highest BCUT2D eigenvalue weighted by Gasteiger charge is 2.20. The van der Waals surface area contributed by atoms with Crippen molar-refractivity contribution in [2.75, 3.05) is 30.4 Å². The molecule has 0 unspecified atom stereocenters. The van der Waals surface area contributed by atoms with Crippen molar-refractivity contribution in [2.45, 2.75) is 32.7 Å². The van der Waals surface area contributed by atoms with Crippen LogP contribution in [-0.4, -0.2) is 41.3 Å². The fourth-order valence-corrected chi connectivity index (χ4v) is 2.69. The molecule has 0 bridgehead atoms. The van der Waals surface area contributed by atoms with E-state index in [4.69, 9.17) is 0 Å². The lowest BCUT2D eigenvalue weighted by Crippen LogP contribution is -2.37. The van der Waals surface area contributed by atoms with Crippen LogP contribution < -0.4 is 10.2 Å². The number of para-hydroxylation sites is 1. The minimum Gasteiger partial charge on any atom is -0.395 e. The third-order valence-corrected chi connectivity index (χ3v) is 3.80. The molecule has 5 heteroatoms. The zero-order chi connectivity index (χ0) is 15.2. The highest BCUT2D eigenvalue weighted by atomic mass is 16.3. The van der Waals surface area contributed by atoms with Gasteiger partial charge in [0, 0.05) is 25.0 Å². The number of nitrogens with one attached hydrogen (secondary N) is 1. The molecule has 114 valence electrons. The van der Waals surface area contributed by atoms with Gasteiger partial charge in [-0.15, -0.1) is 0 Å². The molecular formula is C16H24N4O. The summed E-state index contributed by atoms with van der Waals surface area (Å²) < 4.78 is 0. The van der Waals surface area contributed by atoms with Gasteiger partial charge < -0.3 is 15.3 Å². The quantitative estimate of drug-likeness (QED) is 0.820. The summed E-state index contributed by atoms with van der Waals surface area (Å²) >= 11 is 0. The molecule has 0 fully saturated rings. The van der Waals surface area contributed by atoms with Crippen molar-refractivity contribution in [3.63, 3.8) is 0 Å². The number of nitrogens with zero attached hydrogens (tertiary/aromatic N) is 3. The minimum atomic E-state index is 0.115. The topological polar surface area (TPSA) is 61.3 Å². The number of fused-ring (bicyclic) bond motifs is 1. The maximum Gasteiger partial charge on any atom is 0.224 e. The molecule has 5 nitrogen and oxygen atoms in total. The van der Waals surface area contributed by atoms with Crippen molar-refractivity contribution in [1.82, 2.24) is 9.97 Å². The average Bonchev–Trinajstić information content (AvgIpc) is 2.54. The van der Waals surface area contributed by atoms with Gasteiger partial charge in [0.25, 0.3) is 0 Å². The van der Waals surface area contributed by atoms with E-state index >= 15 is 0 Å². The van der Waals surface area contributed by atoms with Crippen LogP contribution in [0.25, 0.3) is 10.9 Å². The van der Waals surface area contributed by atoms with E-state index in [1.165, 1.54) is 0 Å². The van der Waals surface area contributed by atoms with Gasteiger partial charge in [-0.2, -0.15) is 4.98 Å². The molecule has 0 saturated carbocycles. The molecule has 0 amide bonds. The summed E-state index contributed by atoms with van der Waals surface area (Å²) in [5, 5.41) is 13.5. The molecule has 1 aromatic heterocycles. The molecule has 21 heavy (non-hydrogen) atoms. The Balaban J connectivity index is 2.59. The van der Waals surface area contributed by atoms with Gasteiger partial charge in [0.05, 0.1) is 12.1 Å². The van der Waals surface area contributed by atoms with Gasteiger partial charge in [-0.05, 0) is 25.0 Å². The number of anilines is 2. The van der Waals surface area contributed by atoms with Gasteiger partial charge in [0.1, 0.15) is 5.82 Å². The SMILES string of the molecule is CCC(CC)N(CCO)c1nc(NC)nc2ccccc12. The average molecular weight is 288 g/mol. The second-order valence-electron chi connectivity index (χ2n) is 5.03. The van der Waals surface area contributed by atoms with Crippen molar-refractivity contribution in [3.05, 3.63) is 24.3 Å². The number of aliphatic hydroxyl groups is 1. The van der Waals surface area contributed by atoms with Gasteiger partial charge in [0.2, 0.25) is 5.95 Å². The highest BCUT2D eigenvalue weighted by molar-refractivity contribution is 5.90. The lowest BCUT2D eigenvalue weighted by Gasteiger charge is -2.32. The smallest absolute Gasteiger partial charge is 0.224 e. The van der Waals surface area contributed by atoms with E-state index < -0.39 is 0 Å². The van der Waals surface area contributed by atoms with E-state index in [1.807, 2.05) is 31.3 Å². The van der Waals surface area contributed by atoms with Gasteiger partial charge in [0.15, 0.2) is 0 Å². The largest absolute Gasteiger partial charge is 0.395 e. The normalized spacial score (nSPS) is 11.1. The Morgan fingerprint density at radius 1 is 1.19 bits per heavy atom. The first-order chi connectivity index (χ1) is 10.2. The van der Waals surface area contributed by atoms with Crippen LogP contribution in [0.3, 0.4) is 0 Å². The number of aromatic nitrogens is 2. The molecule has 0 aliphatic rings. The molecule has 0 aliphatic heterocycles. The first-order valence-corrected chi connectivity index (χ1v) is 7.57.